The van der Waals surface area contributed by atoms with Crippen LogP contribution in [0.15, 0.2) is 36.5 Å². The fourth-order valence-electron chi connectivity index (χ4n) is 2.76. The van der Waals surface area contributed by atoms with Gasteiger partial charge in [0.1, 0.15) is 0 Å². The Balaban J connectivity index is 1.93. The second kappa shape index (κ2) is 6.83. The standard InChI is InChI=1S/C17H22N4O2/c1-3-23-15-12-21(14-7-5-4-6-8-14)19-16(15)17(22)20-10-9-18-11-13(20)2/h4-8,12-13,18H,3,9-11H2,1-2H3/t13-/m0/s1. The molecule has 2 aromatic rings. The van der Waals surface area contributed by atoms with E-state index < -0.39 is 0 Å². The Bertz CT molecular complexity index is 668. The molecule has 122 valence electrons. The molecule has 6 heteroatoms. The second-order valence-electron chi connectivity index (χ2n) is 5.61. The minimum atomic E-state index is -0.0721. The summed E-state index contributed by atoms with van der Waals surface area (Å²) in [5.41, 5.74) is 1.28. The van der Waals surface area contributed by atoms with Crippen LogP contribution in [-0.4, -0.2) is 52.9 Å². The average Bonchev–Trinajstić information content (AvgIpc) is 3.00. The van der Waals surface area contributed by atoms with Gasteiger partial charge in [-0.15, -0.1) is 0 Å². The van der Waals surface area contributed by atoms with Crippen molar-refractivity contribution in [2.75, 3.05) is 26.2 Å². The van der Waals surface area contributed by atoms with Crippen molar-refractivity contribution in [2.45, 2.75) is 19.9 Å². The first kappa shape index (κ1) is 15.6. The van der Waals surface area contributed by atoms with Gasteiger partial charge in [0, 0.05) is 25.7 Å². The zero-order valence-electron chi connectivity index (χ0n) is 13.5. The third-order valence-corrected chi connectivity index (χ3v) is 3.97. The van der Waals surface area contributed by atoms with Gasteiger partial charge in [0.15, 0.2) is 11.4 Å². The second-order valence-corrected chi connectivity index (χ2v) is 5.61. The van der Waals surface area contributed by atoms with Gasteiger partial charge in [-0.2, -0.15) is 5.10 Å². The number of ether oxygens (including phenoxy) is 1. The van der Waals surface area contributed by atoms with E-state index in [1.807, 2.05) is 49.1 Å². The normalized spacial score (nSPS) is 18.0. The zero-order valence-corrected chi connectivity index (χ0v) is 13.5. The highest BCUT2D eigenvalue weighted by Gasteiger charge is 2.29. The smallest absolute Gasteiger partial charge is 0.278 e. The van der Waals surface area contributed by atoms with Crippen LogP contribution in [0, 0.1) is 0 Å². The number of hydrogen-bond acceptors (Lipinski definition) is 4. The first-order valence-electron chi connectivity index (χ1n) is 8.00. The van der Waals surface area contributed by atoms with Gasteiger partial charge >= 0.3 is 0 Å². The Morgan fingerprint density at radius 1 is 1.39 bits per heavy atom. The van der Waals surface area contributed by atoms with Gasteiger partial charge in [0.25, 0.3) is 5.91 Å². The van der Waals surface area contributed by atoms with Crippen LogP contribution in [0.4, 0.5) is 0 Å². The molecular formula is C17H22N4O2. The molecule has 1 N–H and O–H groups in total. The third kappa shape index (κ3) is 3.22. The van der Waals surface area contributed by atoms with Crippen LogP contribution in [0.5, 0.6) is 5.75 Å². The number of nitrogens with zero attached hydrogens (tertiary/aromatic N) is 3. The molecule has 0 bridgehead atoms. The summed E-state index contributed by atoms with van der Waals surface area (Å²) in [5.74, 6) is 0.462. The number of para-hydroxylation sites is 1. The van der Waals surface area contributed by atoms with Gasteiger partial charge in [0.05, 0.1) is 18.5 Å². The van der Waals surface area contributed by atoms with Gasteiger partial charge in [-0.05, 0) is 26.0 Å². The van der Waals surface area contributed by atoms with Crippen LogP contribution >= 0.6 is 0 Å². The number of amides is 1. The maximum absolute atomic E-state index is 12.9. The molecule has 6 nitrogen and oxygen atoms in total. The van der Waals surface area contributed by atoms with Gasteiger partial charge in [-0.3, -0.25) is 4.79 Å². The lowest BCUT2D eigenvalue weighted by molar-refractivity contribution is 0.0645. The maximum Gasteiger partial charge on any atom is 0.278 e. The molecule has 0 spiro atoms. The monoisotopic (exact) mass is 314 g/mol. The zero-order chi connectivity index (χ0) is 16.2. The lowest BCUT2D eigenvalue weighted by Crippen LogP contribution is -2.52. The SMILES string of the molecule is CCOc1cn(-c2ccccc2)nc1C(=O)N1CCNC[C@@H]1C. The molecule has 1 aliphatic heterocycles. The minimum Gasteiger partial charge on any atom is -0.490 e. The fraction of sp³-hybridized carbons (Fsp3) is 0.412. The molecule has 0 saturated carbocycles. The highest BCUT2D eigenvalue weighted by atomic mass is 16.5. The van der Waals surface area contributed by atoms with Crippen molar-refractivity contribution in [3.8, 4) is 11.4 Å². The Morgan fingerprint density at radius 3 is 2.87 bits per heavy atom. The molecule has 3 rings (SSSR count). The molecule has 1 aromatic heterocycles. The lowest BCUT2D eigenvalue weighted by Gasteiger charge is -2.33. The molecule has 0 radical (unpaired) electrons. The molecule has 2 heterocycles. The summed E-state index contributed by atoms with van der Waals surface area (Å²) in [4.78, 5) is 14.8. The number of benzene rings is 1. The minimum absolute atomic E-state index is 0.0721. The summed E-state index contributed by atoms with van der Waals surface area (Å²) in [6.45, 7) is 6.73. The summed E-state index contributed by atoms with van der Waals surface area (Å²) in [7, 11) is 0. The Kier molecular flexibility index (Phi) is 4.62. The first-order chi connectivity index (χ1) is 11.2. The van der Waals surface area contributed by atoms with Gasteiger partial charge in [-0.25, -0.2) is 4.68 Å². The van der Waals surface area contributed by atoms with E-state index in [9.17, 15) is 4.79 Å². The van der Waals surface area contributed by atoms with Crippen molar-refractivity contribution in [3.63, 3.8) is 0 Å². The number of carbonyl (C=O) groups excluding carboxylic acids is 1. The van der Waals surface area contributed by atoms with E-state index in [1.165, 1.54) is 0 Å². The highest BCUT2D eigenvalue weighted by Crippen LogP contribution is 2.22. The van der Waals surface area contributed by atoms with E-state index >= 15 is 0 Å². The van der Waals surface area contributed by atoms with Crippen LogP contribution < -0.4 is 10.1 Å². The molecule has 1 fully saturated rings. The molecule has 23 heavy (non-hydrogen) atoms. The summed E-state index contributed by atoms with van der Waals surface area (Å²) < 4.78 is 7.34. The summed E-state index contributed by atoms with van der Waals surface area (Å²) in [6, 6.07) is 9.88. The van der Waals surface area contributed by atoms with Crippen LogP contribution in [-0.2, 0) is 0 Å². The quantitative estimate of drug-likeness (QED) is 0.933. The Morgan fingerprint density at radius 2 is 2.17 bits per heavy atom. The predicted molar refractivity (Wildman–Crippen MR) is 88.1 cm³/mol. The van der Waals surface area contributed by atoms with Gasteiger partial charge < -0.3 is 15.0 Å². The molecule has 1 aliphatic rings. The molecule has 1 saturated heterocycles. The van der Waals surface area contributed by atoms with Gasteiger partial charge in [0.2, 0.25) is 0 Å². The number of hydrogen-bond donors (Lipinski definition) is 1. The van der Waals surface area contributed by atoms with E-state index in [0.29, 0.717) is 24.6 Å². The van der Waals surface area contributed by atoms with Crippen molar-refractivity contribution in [2.24, 2.45) is 0 Å². The number of aromatic nitrogens is 2. The van der Waals surface area contributed by atoms with Crippen molar-refractivity contribution in [1.29, 1.82) is 0 Å². The number of carbonyl (C=O) groups is 1. The molecule has 0 aliphatic carbocycles. The predicted octanol–water partition coefficient (Wildman–Crippen LogP) is 1.70. The number of piperazine rings is 1. The van der Waals surface area contributed by atoms with Crippen molar-refractivity contribution in [3.05, 3.63) is 42.2 Å². The fourth-order valence-corrected chi connectivity index (χ4v) is 2.76. The highest BCUT2D eigenvalue weighted by molar-refractivity contribution is 5.95. The van der Waals surface area contributed by atoms with Gasteiger partial charge in [-0.1, -0.05) is 18.2 Å². The molecule has 1 atom stereocenters. The van der Waals surface area contributed by atoms with E-state index in [2.05, 4.69) is 10.4 Å². The molecular weight excluding hydrogens is 292 g/mol. The third-order valence-electron chi connectivity index (χ3n) is 3.97. The largest absolute Gasteiger partial charge is 0.490 e. The lowest BCUT2D eigenvalue weighted by atomic mass is 10.2. The van der Waals surface area contributed by atoms with E-state index in [-0.39, 0.29) is 11.9 Å². The summed E-state index contributed by atoms with van der Waals surface area (Å²) >= 11 is 0. The van der Waals surface area contributed by atoms with E-state index in [0.717, 1.165) is 18.8 Å². The topological polar surface area (TPSA) is 59.4 Å². The van der Waals surface area contributed by atoms with Crippen LogP contribution in [0.1, 0.15) is 24.3 Å². The number of rotatable bonds is 4. The van der Waals surface area contributed by atoms with E-state index in [4.69, 9.17) is 4.74 Å². The maximum atomic E-state index is 12.9. The van der Waals surface area contributed by atoms with Crippen LogP contribution in [0.2, 0.25) is 0 Å². The average molecular weight is 314 g/mol. The summed E-state index contributed by atoms with van der Waals surface area (Å²) in [5, 5.41) is 7.78. The Hall–Kier alpha value is -2.34. The van der Waals surface area contributed by atoms with Crippen LogP contribution in [0.3, 0.4) is 0 Å². The van der Waals surface area contributed by atoms with Crippen molar-refractivity contribution < 1.29 is 9.53 Å². The van der Waals surface area contributed by atoms with Crippen molar-refractivity contribution in [1.82, 2.24) is 20.0 Å². The summed E-state index contributed by atoms with van der Waals surface area (Å²) in [6.07, 6.45) is 1.78. The first-order valence-corrected chi connectivity index (χ1v) is 8.00. The Labute approximate surface area is 136 Å². The van der Waals surface area contributed by atoms with Crippen LogP contribution in [0.25, 0.3) is 5.69 Å². The molecule has 0 unspecified atom stereocenters. The molecule has 1 aromatic carbocycles. The molecule has 1 amide bonds. The van der Waals surface area contributed by atoms with Crippen molar-refractivity contribution >= 4 is 5.91 Å². The van der Waals surface area contributed by atoms with E-state index in [1.54, 1.807) is 10.9 Å². The number of nitrogens with one attached hydrogen (secondary N) is 1.